The van der Waals surface area contributed by atoms with E-state index in [-0.39, 0.29) is 10.9 Å². The molecule has 0 unspecified atom stereocenters. The van der Waals surface area contributed by atoms with Crippen LogP contribution in [0.2, 0.25) is 5.02 Å². The predicted molar refractivity (Wildman–Crippen MR) is 86.5 cm³/mol. The summed E-state index contributed by atoms with van der Waals surface area (Å²) in [7, 11) is 0. The minimum absolute atomic E-state index is 0.230. The Morgan fingerprint density at radius 2 is 1.75 bits per heavy atom. The molecular formula is C15H13ClN2OS. The minimum atomic E-state index is -0.230. The summed E-state index contributed by atoms with van der Waals surface area (Å²) < 4.78 is 0. The lowest BCUT2D eigenvalue weighted by Gasteiger charge is -2.09. The predicted octanol–water partition coefficient (Wildman–Crippen LogP) is 3.53. The van der Waals surface area contributed by atoms with Gasteiger partial charge in [0, 0.05) is 11.1 Å². The number of anilines is 1. The van der Waals surface area contributed by atoms with Gasteiger partial charge in [0.2, 0.25) is 0 Å². The molecule has 2 rings (SSSR count). The third-order valence-electron chi connectivity index (χ3n) is 2.81. The van der Waals surface area contributed by atoms with Gasteiger partial charge in [-0.15, -0.1) is 0 Å². The van der Waals surface area contributed by atoms with E-state index in [1.807, 2.05) is 19.1 Å². The van der Waals surface area contributed by atoms with Gasteiger partial charge < -0.3 is 11.1 Å². The van der Waals surface area contributed by atoms with Gasteiger partial charge >= 0.3 is 0 Å². The Morgan fingerprint density at radius 1 is 1.15 bits per heavy atom. The van der Waals surface area contributed by atoms with Crippen molar-refractivity contribution in [1.82, 2.24) is 0 Å². The van der Waals surface area contributed by atoms with Crippen LogP contribution in [-0.4, -0.2) is 10.9 Å². The largest absolute Gasteiger partial charge is 0.389 e. The molecule has 0 aromatic heterocycles. The van der Waals surface area contributed by atoms with E-state index in [4.69, 9.17) is 29.6 Å². The molecule has 0 radical (unpaired) electrons. The van der Waals surface area contributed by atoms with Crippen molar-refractivity contribution < 1.29 is 4.79 Å². The molecule has 0 aliphatic rings. The molecule has 0 saturated carbocycles. The van der Waals surface area contributed by atoms with Crippen molar-refractivity contribution in [2.75, 3.05) is 5.32 Å². The lowest BCUT2D eigenvalue weighted by molar-refractivity contribution is 0.102. The standard InChI is InChI=1S/C15H13ClN2OS/c1-9-2-4-10(5-3-9)15(19)18-13-8-11(14(17)20)6-7-12(13)16/h2-8H,1H3,(H2,17,20)(H,18,19). The summed E-state index contributed by atoms with van der Waals surface area (Å²) >= 11 is 11.0. The normalized spacial score (nSPS) is 10.1. The van der Waals surface area contributed by atoms with Crippen LogP contribution in [0.1, 0.15) is 21.5 Å². The first-order valence-corrected chi connectivity index (χ1v) is 6.73. The van der Waals surface area contributed by atoms with Crippen molar-refractivity contribution in [3.05, 3.63) is 64.2 Å². The van der Waals surface area contributed by atoms with E-state index < -0.39 is 0 Å². The molecule has 0 aliphatic heterocycles. The Balaban J connectivity index is 2.25. The van der Waals surface area contributed by atoms with Gasteiger partial charge in [0.25, 0.3) is 5.91 Å². The van der Waals surface area contributed by atoms with Gasteiger partial charge in [0.05, 0.1) is 10.7 Å². The number of rotatable bonds is 3. The van der Waals surface area contributed by atoms with Crippen LogP contribution >= 0.6 is 23.8 Å². The Labute approximate surface area is 127 Å². The van der Waals surface area contributed by atoms with Crippen LogP contribution in [0, 0.1) is 6.92 Å². The van der Waals surface area contributed by atoms with Crippen LogP contribution in [0.15, 0.2) is 42.5 Å². The lowest BCUT2D eigenvalue weighted by atomic mass is 10.1. The molecule has 0 aliphatic carbocycles. The highest BCUT2D eigenvalue weighted by Crippen LogP contribution is 2.23. The average molecular weight is 305 g/mol. The molecule has 5 heteroatoms. The van der Waals surface area contributed by atoms with Crippen LogP contribution in [0.25, 0.3) is 0 Å². The number of benzene rings is 2. The molecule has 102 valence electrons. The number of hydrogen-bond acceptors (Lipinski definition) is 2. The molecule has 0 atom stereocenters. The maximum absolute atomic E-state index is 12.1. The minimum Gasteiger partial charge on any atom is -0.389 e. The van der Waals surface area contributed by atoms with E-state index in [1.165, 1.54) is 0 Å². The molecule has 0 fully saturated rings. The summed E-state index contributed by atoms with van der Waals surface area (Å²) in [6, 6.07) is 12.3. The maximum Gasteiger partial charge on any atom is 0.255 e. The second-order valence-electron chi connectivity index (χ2n) is 4.38. The van der Waals surface area contributed by atoms with Gasteiger partial charge in [-0.3, -0.25) is 4.79 Å². The van der Waals surface area contributed by atoms with E-state index in [2.05, 4.69) is 5.32 Å². The van der Waals surface area contributed by atoms with Crippen molar-refractivity contribution in [1.29, 1.82) is 0 Å². The maximum atomic E-state index is 12.1. The molecule has 3 N–H and O–H groups in total. The highest BCUT2D eigenvalue weighted by atomic mass is 35.5. The molecule has 0 bridgehead atoms. The van der Waals surface area contributed by atoms with Gasteiger partial charge in [-0.05, 0) is 31.2 Å². The highest BCUT2D eigenvalue weighted by Gasteiger charge is 2.09. The summed E-state index contributed by atoms with van der Waals surface area (Å²) in [5.41, 5.74) is 8.37. The van der Waals surface area contributed by atoms with Gasteiger partial charge in [-0.2, -0.15) is 0 Å². The Kier molecular flexibility index (Phi) is 4.37. The quantitative estimate of drug-likeness (QED) is 0.853. The molecule has 20 heavy (non-hydrogen) atoms. The third kappa shape index (κ3) is 3.35. The third-order valence-corrected chi connectivity index (χ3v) is 3.38. The van der Waals surface area contributed by atoms with Gasteiger partial charge in [0.1, 0.15) is 4.99 Å². The number of halogens is 1. The van der Waals surface area contributed by atoms with Gasteiger partial charge in [-0.1, -0.05) is 47.6 Å². The van der Waals surface area contributed by atoms with Crippen molar-refractivity contribution in [3.8, 4) is 0 Å². The number of amides is 1. The molecular weight excluding hydrogens is 292 g/mol. The fraction of sp³-hybridized carbons (Fsp3) is 0.0667. The molecule has 3 nitrogen and oxygen atoms in total. The first-order valence-electron chi connectivity index (χ1n) is 5.95. The first-order chi connectivity index (χ1) is 9.47. The molecule has 2 aromatic carbocycles. The van der Waals surface area contributed by atoms with E-state index in [1.54, 1.807) is 30.3 Å². The van der Waals surface area contributed by atoms with Crippen molar-refractivity contribution in [2.24, 2.45) is 5.73 Å². The number of carbonyl (C=O) groups excluding carboxylic acids is 1. The number of aryl methyl sites for hydroxylation is 1. The lowest BCUT2D eigenvalue weighted by Crippen LogP contribution is -2.14. The Bertz CT molecular complexity index is 668. The fourth-order valence-corrected chi connectivity index (χ4v) is 1.97. The zero-order valence-electron chi connectivity index (χ0n) is 10.8. The summed E-state index contributed by atoms with van der Waals surface area (Å²) in [5, 5.41) is 3.19. The van der Waals surface area contributed by atoms with Gasteiger partial charge in [-0.25, -0.2) is 0 Å². The average Bonchev–Trinajstić information content (AvgIpc) is 2.41. The number of thiocarbonyl (C=S) groups is 1. The van der Waals surface area contributed by atoms with E-state index in [9.17, 15) is 4.79 Å². The second-order valence-corrected chi connectivity index (χ2v) is 5.23. The summed E-state index contributed by atoms with van der Waals surface area (Å²) in [6.45, 7) is 1.96. The summed E-state index contributed by atoms with van der Waals surface area (Å²) in [5.74, 6) is -0.230. The number of nitrogens with two attached hydrogens (primary N) is 1. The SMILES string of the molecule is Cc1ccc(C(=O)Nc2cc(C(N)=S)ccc2Cl)cc1. The molecule has 0 saturated heterocycles. The Morgan fingerprint density at radius 3 is 2.35 bits per heavy atom. The van der Waals surface area contributed by atoms with Gasteiger partial charge in [0.15, 0.2) is 0 Å². The molecule has 0 heterocycles. The summed E-state index contributed by atoms with van der Waals surface area (Å²) in [6.07, 6.45) is 0. The van der Waals surface area contributed by atoms with Crippen LogP contribution in [0.4, 0.5) is 5.69 Å². The number of nitrogens with one attached hydrogen (secondary N) is 1. The van der Waals surface area contributed by atoms with Crippen molar-refractivity contribution >= 4 is 40.4 Å². The second kappa shape index (κ2) is 6.03. The Hall–Kier alpha value is -1.91. The smallest absolute Gasteiger partial charge is 0.255 e. The number of hydrogen-bond donors (Lipinski definition) is 2. The van der Waals surface area contributed by atoms with Crippen LogP contribution in [-0.2, 0) is 0 Å². The molecule has 1 amide bonds. The first kappa shape index (κ1) is 14.5. The van der Waals surface area contributed by atoms with Crippen LogP contribution in [0.3, 0.4) is 0 Å². The monoisotopic (exact) mass is 304 g/mol. The zero-order chi connectivity index (χ0) is 14.7. The van der Waals surface area contributed by atoms with Crippen LogP contribution < -0.4 is 11.1 Å². The zero-order valence-corrected chi connectivity index (χ0v) is 12.4. The van der Waals surface area contributed by atoms with Crippen LogP contribution in [0.5, 0.6) is 0 Å². The molecule has 2 aromatic rings. The topological polar surface area (TPSA) is 55.1 Å². The fourth-order valence-electron chi connectivity index (χ4n) is 1.67. The van der Waals surface area contributed by atoms with E-state index in [0.29, 0.717) is 21.8 Å². The van der Waals surface area contributed by atoms with E-state index >= 15 is 0 Å². The van der Waals surface area contributed by atoms with Crippen molar-refractivity contribution in [3.63, 3.8) is 0 Å². The van der Waals surface area contributed by atoms with Crippen molar-refractivity contribution in [2.45, 2.75) is 6.92 Å². The van der Waals surface area contributed by atoms with E-state index in [0.717, 1.165) is 5.56 Å². The highest BCUT2D eigenvalue weighted by molar-refractivity contribution is 7.80. The summed E-state index contributed by atoms with van der Waals surface area (Å²) in [4.78, 5) is 12.4. The number of carbonyl (C=O) groups is 1. The molecule has 0 spiro atoms.